The molecule has 1 amide bonds. The molecular weight excluding hydrogens is 276 g/mol. The van der Waals surface area contributed by atoms with Gasteiger partial charge in [-0.05, 0) is 18.2 Å². The molecule has 0 saturated carbocycles. The van der Waals surface area contributed by atoms with Gasteiger partial charge >= 0.3 is 0 Å². The quantitative estimate of drug-likeness (QED) is 0.749. The Hall–Kier alpha value is -2.88. The molecule has 4 nitrogen and oxygen atoms in total. The van der Waals surface area contributed by atoms with Crippen molar-refractivity contribution >= 4 is 22.6 Å². The van der Waals surface area contributed by atoms with Crippen molar-refractivity contribution < 1.29 is 9.59 Å². The Morgan fingerprint density at radius 1 is 0.955 bits per heavy atom. The third kappa shape index (κ3) is 1.92. The number of amides is 1. The van der Waals surface area contributed by atoms with Gasteiger partial charge in [0, 0.05) is 27.7 Å². The van der Waals surface area contributed by atoms with Crippen LogP contribution in [0.4, 0.5) is 0 Å². The minimum Gasteiger partial charge on any atom is -0.356 e. The van der Waals surface area contributed by atoms with E-state index in [0.29, 0.717) is 12.1 Å². The van der Waals surface area contributed by atoms with Gasteiger partial charge in [0.15, 0.2) is 5.78 Å². The van der Waals surface area contributed by atoms with E-state index < -0.39 is 0 Å². The summed E-state index contributed by atoms with van der Waals surface area (Å²) in [4.78, 5) is 29.9. The van der Waals surface area contributed by atoms with Crippen LogP contribution in [-0.2, 0) is 6.54 Å². The summed E-state index contributed by atoms with van der Waals surface area (Å²) in [6.07, 6.45) is 0. The predicted octanol–water partition coefficient (Wildman–Crippen LogP) is 3.01. The molecule has 1 aromatic heterocycles. The number of fused-ring (bicyclic) bond motifs is 3. The zero-order valence-corrected chi connectivity index (χ0v) is 11.9. The first kappa shape index (κ1) is 12.8. The van der Waals surface area contributed by atoms with Crippen LogP contribution in [0.5, 0.6) is 0 Å². The van der Waals surface area contributed by atoms with E-state index in [4.69, 9.17) is 0 Å². The highest BCUT2D eigenvalue weighted by atomic mass is 16.2. The van der Waals surface area contributed by atoms with Crippen LogP contribution in [0.25, 0.3) is 10.9 Å². The third-order valence-corrected chi connectivity index (χ3v) is 4.05. The number of carbonyl (C=O) groups excluding carboxylic acids is 2. The van der Waals surface area contributed by atoms with E-state index in [1.165, 1.54) is 0 Å². The number of ketones is 1. The number of carbonyl (C=O) groups is 2. The first-order chi connectivity index (χ1) is 10.7. The summed E-state index contributed by atoms with van der Waals surface area (Å²) in [6.45, 7) is 0.562. The standard InChI is InChI=1S/C18H14N2O2/c21-16-11-20(18(22)12-6-2-1-3-7-12)10-15-17(16)13-8-4-5-9-14(13)19-15/h1-9,19H,10-11H2. The molecule has 4 heteroatoms. The maximum atomic E-state index is 12.5. The SMILES string of the molecule is O=C1CN(C(=O)c2ccccc2)Cc2[nH]c3ccccc3c21. The first-order valence-corrected chi connectivity index (χ1v) is 7.21. The molecule has 1 N–H and O–H groups in total. The number of para-hydroxylation sites is 1. The second-order valence-corrected chi connectivity index (χ2v) is 5.47. The Morgan fingerprint density at radius 3 is 2.50 bits per heavy atom. The van der Waals surface area contributed by atoms with Crippen LogP contribution < -0.4 is 0 Å². The van der Waals surface area contributed by atoms with Crippen molar-refractivity contribution in [3.63, 3.8) is 0 Å². The highest BCUT2D eigenvalue weighted by Gasteiger charge is 2.29. The number of aromatic amines is 1. The van der Waals surface area contributed by atoms with Gasteiger partial charge in [-0.1, -0.05) is 36.4 Å². The lowest BCUT2D eigenvalue weighted by Gasteiger charge is -2.26. The minimum absolute atomic E-state index is 0.0111. The monoisotopic (exact) mass is 290 g/mol. The summed E-state index contributed by atoms with van der Waals surface area (Å²) in [5, 5.41) is 0.939. The fraction of sp³-hybridized carbons (Fsp3) is 0.111. The molecule has 22 heavy (non-hydrogen) atoms. The van der Waals surface area contributed by atoms with E-state index >= 15 is 0 Å². The van der Waals surface area contributed by atoms with E-state index in [0.717, 1.165) is 22.2 Å². The van der Waals surface area contributed by atoms with Crippen molar-refractivity contribution in [2.75, 3.05) is 6.54 Å². The fourth-order valence-corrected chi connectivity index (χ4v) is 3.04. The lowest BCUT2D eigenvalue weighted by molar-refractivity contribution is 0.0678. The molecule has 0 aliphatic carbocycles. The summed E-state index contributed by atoms with van der Waals surface area (Å²) in [7, 11) is 0. The van der Waals surface area contributed by atoms with Crippen molar-refractivity contribution in [1.82, 2.24) is 9.88 Å². The van der Waals surface area contributed by atoms with E-state index in [-0.39, 0.29) is 18.2 Å². The van der Waals surface area contributed by atoms with Gasteiger partial charge in [0.25, 0.3) is 5.91 Å². The molecule has 1 aliphatic rings. The second-order valence-electron chi connectivity index (χ2n) is 5.47. The van der Waals surface area contributed by atoms with Gasteiger partial charge in [0.1, 0.15) is 0 Å². The Kier molecular flexibility index (Phi) is 2.82. The number of nitrogens with one attached hydrogen (secondary N) is 1. The number of rotatable bonds is 1. The molecule has 0 bridgehead atoms. The molecule has 0 unspecified atom stereocenters. The Balaban J connectivity index is 1.73. The topological polar surface area (TPSA) is 53.2 Å². The van der Waals surface area contributed by atoms with Crippen molar-refractivity contribution in [2.45, 2.75) is 6.54 Å². The highest BCUT2D eigenvalue weighted by Crippen LogP contribution is 2.28. The van der Waals surface area contributed by atoms with Crippen molar-refractivity contribution in [2.24, 2.45) is 0 Å². The average molecular weight is 290 g/mol. The lowest BCUT2D eigenvalue weighted by Crippen LogP contribution is -2.39. The predicted molar refractivity (Wildman–Crippen MR) is 83.8 cm³/mol. The molecule has 108 valence electrons. The van der Waals surface area contributed by atoms with Gasteiger partial charge in [0.05, 0.1) is 13.1 Å². The van der Waals surface area contributed by atoms with Crippen LogP contribution in [0.3, 0.4) is 0 Å². The Morgan fingerprint density at radius 2 is 1.68 bits per heavy atom. The first-order valence-electron chi connectivity index (χ1n) is 7.21. The summed E-state index contributed by atoms with van der Waals surface area (Å²) in [6, 6.07) is 16.8. The molecule has 0 atom stereocenters. The summed E-state index contributed by atoms with van der Waals surface area (Å²) in [5.74, 6) is -0.124. The average Bonchev–Trinajstić information content (AvgIpc) is 2.93. The lowest BCUT2D eigenvalue weighted by atomic mass is 10.0. The van der Waals surface area contributed by atoms with Crippen molar-refractivity contribution in [3.8, 4) is 0 Å². The number of Topliss-reactive ketones (excluding diaryl/α,β-unsaturated/α-hetero) is 1. The molecule has 2 aromatic carbocycles. The van der Waals surface area contributed by atoms with Gasteiger partial charge in [-0.2, -0.15) is 0 Å². The zero-order chi connectivity index (χ0) is 15.1. The highest BCUT2D eigenvalue weighted by molar-refractivity contribution is 6.12. The molecule has 2 heterocycles. The van der Waals surface area contributed by atoms with E-state index in [2.05, 4.69) is 4.98 Å². The van der Waals surface area contributed by atoms with Crippen LogP contribution in [0.15, 0.2) is 54.6 Å². The maximum absolute atomic E-state index is 12.5. The van der Waals surface area contributed by atoms with Gasteiger partial charge in [0.2, 0.25) is 0 Å². The van der Waals surface area contributed by atoms with Gasteiger partial charge in [-0.15, -0.1) is 0 Å². The fourth-order valence-electron chi connectivity index (χ4n) is 3.04. The number of aromatic nitrogens is 1. The number of hydrogen-bond donors (Lipinski definition) is 1. The summed E-state index contributed by atoms with van der Waals surface area (Å²) in [5.41, 5.74) is 3.10. The molecule has 0 fully saturated rings. The Labute approximate surface area is 127 Å². The number of nitrogens with zero attached hydrogens (tertiary/aromatic N) is 1. The van der Waals surface area contributed by atoms with Gasteiger partial charge in [-0.3, -0.25) is 9.59 Å². The molecule has 0 spiro atoms. The molecule has 4 rings (SSSR count). The van der Waals surface area contributed by atoms with E-state index in [1.807, 2.05) is 42.5 Å². The molecule has 0 saturated heterocycles. The van der Waals surface area contributed by atoms with E-state index in [1.54, 1.807) is 17.0 Å². The number of H-pyrrole nitrogens is 1. The van der Waals surface area contributed by atoms with Crippen molar-refractivity contribution in [3.05, 3.63) is 71.4 Å². The largest absolute Gasteiger partial charge is 0.356 e. The normalized spacial score (nSPS) is 14.2. The third-order valence-electron chi connectivity index (χ3n) is 4.05. The van der Waals surface area contributed by atoms with Crippen molar-refractivity contribution in [1.29, 1.82) is 0 Å². The summed E-state index contributed by atoms with van der Waals surface area (Å²) >= 11 is 0. The van der Waals surface area contributed by atoms with Crippen LogP contribution in [0.1, 0.15) is 26.4 Å². The second kappa shape index (κ2) is 4.84. The number of benzene rings is 2. The van der Waals surface area contributed by atoms with Crippen LogP contribution in [0, 0.1) is 0 Å². The molecular formula is C18H14N2O2. The minimum atomic E-state index is -0.113. The Bertz CT molecular complexity index is 880. The van der Waals surface area contributed by atoms with E-state index in [9.17, 15) is 9.59 Å². The number of hydrogen-bond acceptors (Lipinski definition) is 2. The van der Waals surface area contributed by atoms with Gasteiger partial charge in [-0.25, -0.2) is 0 Å². The van der Waals surface area contributed by atoms with Crippen LogP contribution in [0.2, 0.25) is 0 Å². The molecule has 3 aromatic rings. The smallest absolute Gasteiger partial charge is 0.254 e. The van der Waals surface area contributed by atoms with Crippen LogP contribution >= 0.6 is 0 Å². The molecule has 0 radical (unpaired) electrons. The zero-order valence-electron chi connectivity index (χ0n) is 11.9. The molecule has 1 aliphatic heterocycles. The van der Waals surface area contributed by atoms with Crippen LogP contribution in [-0.4, -0.2) is 28.1 Å². The summed E-state index contributed by atoms with van der Waals surface area (Å²) < 4.78 is 0. The van der Waals surface area contributed by atoms with Gasteiger partial charge < -0.3 is 9.88 Å². The maximum Gasteiger partial charge on any atom is 0.254 e.